The van der Waals surface area contributed by atoms with Crippen LogP contribution in [0.15, 0.2) is 121 Å². The van der Waals surface area contributed by atoms with Gasteiger partial charge in [0, 0.05) is 22.5 Å². The number of hydrogen-bond acceptors (Lipinski definition) is 3. The van der Waals surface area contributed by atoms with Crippen molar-refractivity contribution in [2.24, 2.45) is 0 Å². The van der Waals surface area contributed by atoms with Crippen LogP contribution in [-0.4, -0.2) is 17.2 Å². The Morgan fingerprint density at radius 2 is 1.16 bits per heavy atom. The smallest absolute Gasteiger partial charge is 0.423 e. The molecular weight excluding hydrogens is 453 g/mol. The van der Waals surface area contributed by atoms with Gasteiger partial charge in [0.05, 0.1) is 0 Å². The topological polar surface area (TPSA) is 43.7 Å². The lowest BCUT2D eigenvalue weighted by molar-refractivity contribution is 0.426. The van der Waals surface area contributed by atoms with Crippen LogP contribution in [-0.2, 0) is 5.41 Å². The van der Waals surface area contributed by atoms with Crippen LogP contribution in [0.2, 0.25) is 0 Å². The highest BCUT2D eigenvalue weighted by molar-refractivity contribution is 6.58. The first-order valence-electron chi connectivity index (χ1n) is 12.6. The van der Waals surface area contributed by atoms with Gasteiger partial charge in [-0.1, -0.05) is 98.8 Å². The highest BCUT2D eigenvalue weighted by Gasteiger charge is 2.35. The standard InChI is InChI=1S/C33H28BNO2/c1-33(2)31-14-7-6-13-29(31)30-20-19-28(22-32(30)33)35(27-12-8-11-25(21-27)34(36)37)26-17-15-24(16-18-26)23-9-4-3-5-10-23/h3-22,36-37H,1-2H3. The second-order valence-corrected chi connectivity index (χ2v) is 10.1. The highest BCUT2D eigenvalue weighted by atomic mass is 16.4. The first kappa shape index (κ1) is 23.3. The molecule has 0 radical (unpaired) electrons. The van der Waals surface area contributed by atoms with Crippen LogP contribution < -0.4 is 10.4 Å². The van der Waals surface area contributed by atoms with Crippen LogP contribution in [0.3, 0.4) is 0 Å². The van der Waals surface area contributed by atoms with Crippen molar-refractivity contribution in [3.8, 4) is 22.3 Å². The number of nitrogens with zero attached hydrogens (tertiary/aromatic N) is 1. The summed E-state index contributed by atoms with van der Waals surface area (Å²) in [6.07, 6.45) is 0. The Morgan fingerprint density at radius 1 is 0.541 bits per heavy atom. The number of benzene rings is 5. The van der Waals surface area contributed by atoms with E-state index in [1.165, 1.54) is 27.8 Å². The van der Waals surface area contributed by atoms with Gasteiger partial charge >= 0.3 is 7.12 Å². The van der Waals surface area contributed by atoms with Gasteiger partial charge in [-0.05, 0) is 75.2 Å². The minimum atomic E-state index is -1.53. The Labute approximate surface area is 218 Å². The van der Waals surface area contributed by atoms with E-state index in [9.17, 15) is 10.0 Å². The lowest BCUT2D eigenvalue weighted by Crippen LogP contribution is -2.30. The molecule has 2 N–H and O–H groups in total. The summed E-state index contributed by atoms with van der Waals surface area (Å²) >= 11 is 0. The molecule has 0 atom stereocenters. The predicted molar refractivity (Wildman–Crippen MR) is 154 cm³/mol. The lowest BCUT2D eigenvalue weighted by atomic mass is 9.80. The normalized spacial score (nSPS) is 13.1. The number of fused-ring (bicyclic) bond motifs is 3. The van der Waals surface area contributed by atoms with Gasteiger partial charge in [-0.15, -0.1) is 0 Å². The second-order valence-electron chi connectivity index (χ2n) is 10.1. The van der Waals surface area contributed by atoms with Crippen LogP contribution in [0.4, 0.5) is 17.1 Å². The third kappa shape index (κ3) is 4.05. The van der Waals surface area contributed by atoms with Crippen molar-refractivity contribution in [3.63, 3.8) is 0 Å². The summed E-state index contributed by atoms with van der Waals surface area (Å²) in [5, 5.41) is 19.7. The highest BCUT2D eigenvalue weighted by Crippen LogP contribution is 2.50. The Hall–Kier alpha value is -4.12. The van der Waals surface area contributed by atoms with E-state index in [4.69, 9.17) is 0 Å². The number of hydrogen-bond donors (Lipinski definition) is 2. The third-order valence-electron chi connectivity index (χ3n) is 7.48. The summed E-state index contributed by atoms with van der Waals surface area (Å²) in [5.41, 5.74) is 10.7. The summed E-state index contributed by atoms with van der Waals surface area (Å²) in [6, 6.07) is 41.6. The maximum absolute atomic E-state index is 9.87. The van der Waals surface area contributed by atoms with E-state index in [1.54, 1.807) is 6.07 Å². The summed E-state index contributed by atoms with van der Waals surface area (Å²) in [7, 11) is -1.53. The molecular formula is C33H28BNO2. The summed E-state index contributed by atoms with van der Waals surface area (Å²) in [5.74, 6) is 0. The fourth-order valence-corrected chi connectivity index (χ4v) is 5.54. The molecule has 0 amide bonds. The van der Waals surface area contributed by atoms with E-state index in [0.717, 1.165) is 22.6 Å². The van der Waals surface area contributed by atoms with E-state index >= 15 is 0 Å². The van der Waals surface area contributed by atoms with Gasteiger partial charge in [-0.2, -0.15) is 0 Å². The van der Waals surface area contributed by atoms with Gasteiger partial charge in [0.2, 0.25) is 0 Å². The average Bonchev–Trinajstić information content (AvgIpc) is 3.16. The fourth-order valence-electron chi connectivity index (χ4n) is 5.54. The van der Waals surface area contributed by atoms with Crippen LogP contribution in [0.1, 0.15) is 25.0 Å². The van der Waals surface area contributed by atoms with Crippen LogP contribution in [0.5, 0.6) is 0 Å². The number of anilines is 3. The molecule has 0 fully saturated rings. The Bertz CT molecular complexity index is 1580. The Balaban J connectivity index is 1.49. The zero-order valence-electron chi connectivity index (χ0n) is 21.0. The zero-order valence-corrected chi connectivity index (χ0v) is 21.0. The van der Waals surface area contributed by atoms with Crippen LogP contribution >= 0.6 is 0 Å². The monoisotopic (exact) mass is 481 g/mol. The minimum absolute atomic E-state index is 0.117. The molecule has 0 unspecified atom stereocenters. The SMILES string of the molecule is CC1(C)c2ccccc2-c2ccc(N(c3ccc(-c4ccccc4)cc3)c3cccc(B(O)O)c3)cc21. The van der Waals surface area contributed by atoms with Gasteiger partial charge in [-0.25, -0.2) is 0 Å². The van der Waals surface area contributed by atoms with Crippen molar-refractivity contribution < 1.29 is 10.0 Å². The lowest BCUT2D eigenvalue weighted by Gasteiger charge is -2.28. The van der Waals surface area contributed by atoms with Gasteiger partial charge in [-0.3, -0.25) is 0 Å². The zero-order chi connectivity index (χ0) is 25.6. The fraction of sp³-hybridized carbons (Fsp3) is 0.0909. The summed E-state index contributed by atoms with van der Waals surface area (Å²) in [4.78, 5) is 2.18. The van der Waals surface area contributed by atoms with Crippen molar-refractivity contribution >= 4 is 29.6 Å². The second kappa shape index (κ2) is 9.08. The van der Waals surface area contributed by atoms with Crippen molar-refractivity contribution in [3.05, 3.63) is 132 Å². The Kier molecular flexibility index (Phi) is 5.71. The molecule has 5 aromatic rings. The van der Waals surface area contributed by atoms with E-state index in [0.29, 0.717) is 5.46 Å². The minimum Gasteiger partial charge on any atom is -0.423 e. The van der Waals surface area contributed by atoms with Gasteiger partial charge in [0.1, 0.15) is 0 Å². The van der Waals surface area contributed by atoms with E-state index < -0.39 is 7.12 Å². The molecule has 0 heterocycles. The van der Waals surface area contributed by atoms with E-state index in [1.807, 2.05) is 36.4 Å². The Morgan fingerprint density at radius 3 is 1.92 bits per heavy atom. The molecule has 0 saturated carbocycles. The van der Waals surface area contributed by atoms with E-state index in [-0.39, 0.29) is 5.41 Å². The molecule has 0 aromatic heterocycles. The van der Waals surface area contributed by atoms with Crippen LogP contribution in [0.25, 0.3) is 22.3 Å². The summed E-state index contributed by atoms with van der Waals surface area (Å²) < 4.78 is 0. The molecule has 180 valence electrons. The quantitative estimate of drug-likeness (QED) is 0.271. The molecule has 0 bridgehead atoms. The molecule has 3 nitrogen and oxygen atoms in total. The molecule has 0 spiro atoms. The first-order chi connectivity index (χ1) is 17.9. The van der Waals surface area contributed by atoms with Crippen molar-refractivity contribution in [2.45, 2.75) is 19.3 Å². The van der Waals surface area contributed by atoms with Crippen molar-refractivity contribution in [1.29, 1.82) is 0 Å². The maximum atomic E-state index is 9.87. The first-order valence-corrected chi connectivity index (χ1v) is 12.6. The maximum Gasteiger partial charge on any atom is 0.488 e. The molecule has 0 saturated heterocycles. The molecule has 1 aliphatic rings. The largest absolute Gasteiger partial charge is 0.488 e. The average molecular weight is 481 g/mol. The molecule has 5 aromatic carbocycles. The van der Waals surface area contributed by atoms with Gasteiger partial charge in [0.15, 0.2) is 0 Å². The van der Waals surface area contributed by atoms with Gasteiger partial charge < -0.3 is 14.9 Å². The summed E-state index contributed by atoms with van der Waals surface area (Å²) in [6.45, 7) is 4.56. The molecule has 1 aliphatic carbocycles. The molecule has 4 heteroatoms. The molecule has 37 heavy (non-hydrogen) atoms. The van der Waals surface area contributed by atoms with Crippen molar-refractivity contribution in [1.82, 2.24) is 0 Å². The molecule has 6 rings (SSSR count). The molecule has 0 aliphatic heterocycles. The van der Waals surface area contributed by atoms with Gasteiger partial charge in [0.25, 0.3) is 0 Å². The third-order valence-corrected chi connectivity index (χ3v) is 7.48. The van der Waals surface area contributed by atoms with E-state index in [2.05, 4.69) is 97.6 Å². The predicted octanol–water partition coefficient (Wildman–Crippen LogP) is 6.81. The van der Waals surface area contributed by atoms with Crippen molar-refractivity contribution in [2.75, 3.05) is 4.90 Å². The van der Waals surface area contributed by atoms with Crippen LogP contribution in [0, 0.1) is 0 Å². The number of rotatable bonds is 5.